The van der Waals surface area contributed by atoms with E-state index in [1.54, 1.807) is 0 Å². The smallest absolute Gasteiger partial charge is 0.00996 e. The molecule has 0 aromatic carbocycles. The van der Waals surface area contributed by atoms with Crippen LogP contribution in [-0.4, -0.2) is 12.6 Å². The van der Waals surface area contributed by atoms with Gasteiger partial charge < -0.3 is 5.32 Å². The van der Waals surface area contributed by atoms with Crippen LogP contribution >= 0.6 is 12.4 Å². The lowest BCUT2D eigenvalue weighted by Crippen LogP contribution is -2.10. The van der Waals surface area contributed by atoms with Crippen LogP contribution in [0.15, 0.2) is 0 Å². The summed E-state index contributed by atoms with van der Waals surface area (Å²) in [6.07, 6.45) is 2.92. The van der Waals surface area contributed by atoms with Crippen molar-refractivity contribution in [3.05, 3.63) is 0 Å². The van der Waals surface area contributed by atoms with Crippen molar-refractivity contribution >= 4 is 12.4 Å². The maximum Gasteiger partial charge on any atom is 0.00996 e. The molecule has 1 nitrogen and oxygen atoms in total. The average molecular weight is 120 g/mol. The highest BCUT2D eigenvalue weighted by atomic mass is 35.5. The molecule has 1 heterocycles. The molecule has 1 aliphatic heterocycles. The van der Waals surface area contributed by atoms with E-state index in [0.717, 1.165) is 12.0 Å². The topological polar surface area (TPSA) is 12.0 Å². The summed E-state index contributed by atoms with van der Waals surface area (Å²) in [7, 11) is 0. The lowest BCUT2D eigenvalue weighted by molar-refractivity contribution is 0.741. The molecule has 2 heteroatoms. The molecule has 2 aliphatic rings. The number of rotatable bonds is 0. The summed E-state index contributed by atoms with van der Waals surface area (Å²) in [5, 5.41) is 3.39. The Morgan fingerprint density at radius 2 is 2.29 bits per heavy atom. The first-order valence-corrected chi connectivity index (χ1v) is 2.70. The zero-order valence-electron chi connectivity index (χ0n) is 4.18. The molecule has 0 bridgehead atoms. The quantitative estimate of drug-likeness (QED) is 0.497. The Hall–Kier alpha value is 0.250. The van der Waals surface area contributed by atoms with Gasteiger partial charge in [-0.25, -0.2) is 0 Å². The van der Waals surface area contributed by atoms with E-state index in [4.69, 9.17) is 0 Å². The van der Waals surface area contributed by atoms with Crippen LogP contribution in [0.3, 0.4) is 0 Å². The molecule has 0 amide bonds. The van der Waals surface area contributed by atoms with Crippen LogP contribution in [0.25, 0.3) is 0 Å². The van der Waals surface area contributed by atoms with Gasteiger partial charge in [0.1, 0.15) is 0 Å². The molecule has 0 spiro atoms. The molecular weight excluding hydrogens is 110 g/mol. The monoisotopic (exact) mass is 119 g/mol. The van der Waals surface area contributed by atoms with Crippen LogP contribution in [0.5, 0.6) is 0 Å². The van der Waals surface area contributed by atoms with Gasteiger partial charge in [0.2, 0.25) is 0 Å². The summed E-state index contributed by atoms with van der Waals surface area (Å²) >= 11 is 0. The minimum absolute atomic E-state index is 0. The summed E-state index contributed by atoms with van der Waals surface area (Å²) in [4.78, 5) is 0. The van der Waals surface area contributed by atoms with Crippen molar-refractivity contribution < 1.29 is 0 Å². The fourth-order valence-corrected chi connectivity index (χ4v) is 1.27. The Morgan fingerprint density at radius 1 is 1.43 bits per heavy atom. The Balaban J connectivity index is 0.000000245. The summed E-state index contributed by atoms with van der Waals surface area (Å²) < 4.78 is 0. The van der Waals surface area contributed by atoms with Crippen molar-refractivity contribution in [1.29, 1.82) is 0 Å². The van der Waals surface area contributed by atoms with Crippen LogP contribution in [0.2, 0.25) is 0 Å². The third-order valence-corrected chi connectivity index (χ3v) is 1.84. The number of piperidine rings is 1. The van der Waals surface area contributed by atoms with Crippen LogP contribution < -0.4 is 5.32 Å². The first-order valence-electron chi connectivity index (χ1n) is 2.70. The molecule has 7 heavy (non-hydrogen) atoms. The fraction of sp³-hybridized carbons (Fsp3) is 1.00. The van der Waals surface area contributed by atoms with Crippen LogP contribution in [-0.2, 0) is 0 Å². The second kappa shape index (κ2) is 1.64. The highest BCUT2D eigenvalue weighted by Crippen LogP contribution is 2.37. The predicted octanol–water partition coefficient (Wildman–Crippen LogP) is 0.790. The molecule has 2 atom stereocenters. The second-order valence-corrected chi connectivity index (χ2v) is 2.35. The number of hydrogen-bond donors (Lipinski definition) is 1. The lowest BCUT2D eigenvalue weighted by Gasteiger charge is -1.86. The van der Waals surface area contributed by atoms with Crippen molar-refractivity contribution in [2.24, 2.45) is 5.92 Å². The number of hydrogen-bond acceptors (Lipinski definition) is 1. The van der Waals surface area contributed by atoms with Gasteiger partial charge >= 0.3 is 0 Å². The van der Waals surface area contributed by atoms with Gasteiger partial charge in [0.25, 0.3) is 0 Å². The first-order chi connectivity index (χ1) is 2.97. The molecule has 1 saturated heterocycles. The van der Waals surface area contributed by atoms with Gasteiger partial charge in [-0.15, -0.1) is 12.4 Å². The largest absolute Gasteiger partial charge is 0.314 e. The van der Waals surface area contributed by atoms with Gasteiger partial charge in [-0.3, -0.25) is 0 Å². The zero-order valence-corrected chi connectivity index (χ0v) is 5.00. The predicted molar refractivity (Wildman–Crippen MR) is 31.8 cm³/mol. The average Bonchev–Trinajstić information content (AvgIpc) is 2.17. The highest BCUT2D eigenvalue weighted by molar-refractivity contribution is 5.85. The maximum atomic E-state index is 3.39. The molecule has 2 rings (SSSR count). The molecular formula is C5H10ClN. The molecule has 1 aliphatic carbocycles. The van der Waals surface area contributed by atoms with Crippen LogP contribution in [0.1, 0.15) is 12.8 Å². The number of halogens is 1. The maximum absolute atomic E-state index is 3.39. The molecule has 0 aromatic rings. The van der Waals surface area contributed by atoms with E-state index in [1.807, 2.05) is 0 Å². The normalized spacial score (nSPS) is 44.6. The van der Waals surface area contributed by atoms with E-state index >= 15 is 0 Å². The molecule has 1 N–H and O–H groups in total. The van der Waals surface area contributed by atoms with Gasteiger partial charge in [-0.1, -0.05) is 0 Å². The fourth-order valence-electron chi connectivity index (χ4n) is 1.27. The standard InChI is InChI=1S/C5H9N.ClH/c1-2-6-5-3-4(1)5;/h4-6H,1-3H2;1H/t4-,5+;/m1./s1. The van der Waals surface area contributed by atoms with E-state index in [2.05, 4.69) is 5.32 Å². The van der Waals surface area contributed by atoms with Crippen molar-refractivity contribution in [3.8, 4) is 0 Å². The first kappa shape index (κ1) is 5.39. The molecule has 0 radical (unpaired) electrons. The van der Waals surface area contributed by atoms with Crippen LogP contribution in [0.4, 0.5) is 0 Å². The summed E-state index contributed by atoms with van der Waals surface area (Å²) in [5.41, 5.74) is 0. The van der Waals surface area contributed by atoms with E-state index in [9.17, 15) is 0 Å². The van der Waals surface area contributed by atoms with Crippen molar-refractivity contribution in [2.45, 2.75) is 18.9 Å². The van der Waals surface area contributed by atoms with E-state index in [-0.39, 0.29) is 12.4 Å². The number of nitrogens with one attached hydrogen (secondary N) is 1. The Labute approximate surface area is 49.9 Å². The molecule has 0 unspecified atom stereocenters. The van der Waals surface area contributed by atoms with Gasteiger partial charge in [-0.05, 0) is 25.3 Å². The van der Waals surface area contributed by atoms with Crippen molar-refractivity contribution in [2.75, 3.05) is 6.54 Å². The number of fused-ring (bicyclic) bond motifs is 1. The zero-order chi connectivity index (χ0) is 3.98. The highest BCUT2D eigenvalue weighted by Gasteiger charge is 2.40. The van der Waals surface area contributed by atoms with Crippen molar-refractivity contribution in [3.63, 3.8) is 0 Å². The SMILES string of the molecule is C1C[C@@H]2C[C@@H]2N1.Cl. The minimum Gasteiger partial charge on any atom is -0.314 e. The van der Waals surface area contributed by atoms with E-state index in [0.29, 0.717) is 0 Å². The van der Waals surface area contributed by atoms with Gasteiger partial charge in [0.15, 0.2) is 0 Å². The second-order valence-electron chi connectivity index (χ2n) is 2.35. The van der Waals surface area contributed by atoms with Crippen LogP contribution in [0, 0.1) is 5.92 Å². The van der Waals surface area contributed by atoms with Gasteiger partial charge in [0, 0.05) is 6.04 Å². The lowest BCUT2D eigenvalue weighted by atomic mass is 10.3. The van der Waals surface area contributed by atoms with Gasteiger partial charge in [-0.2, -0.15) is 0 Å². The van der Waals surface area contributed by atoms with Crippen molar-refractivity contribution in [1.82, 2.24) is 5.32 Å². The van der Waals surface area contributed by atoms with Gasteiger partial charge in [0.05, 0.1) is 0 Å². The third kappa shape index (κ3) is 0.752. The summed E-state index contributed by atoms with van der Waals surface area (Å²) in [6, 6.07) is 0.963. The van der Waals surface area contributed by atoms with E-state index in [1.165, 1.54) is 19.4 Å². The molecule has 42 valence electrons. The Morgan fingerprint density at radius 3 is 2.43 bits per heavy atom. The minimum atomic E-state index is 0. The molecule has 1 saturated carbocycles. The summed E-state index contributed by atoms with van der Waals surface area (Å²) in [6.45, 7) is 1.29. The Bertz CT molecular complexity index is 66.5. The molecule has 2 fully saturated rings. The third-order valence-electron chi connectivity index (χ3n) is 1.84. The van der Waals surface area contributed by atoms with E-state index < -0.39 is 0 Å². The summed E-state index contributed by atoms with van der Waals surface area (Å²) in [5.74, 6) is 1.10. The Kier molecular flexibility index (Phi) is 1.26. The molecule has 0 aromatic heterocycles.